The maximum Gasteiger partial charge on any atom is 0.522 e. The van der Waals surface area contributed by atoms with Gasteiger partial charge >= 0.3 is 12.3 Å². The van der Waals surface area contributed by atoms with E-state index in [4.69, 9.17) is 14.6 Å². The van der Waals surface area contributed by atoms with Crippen LogP contribution >= 0.6 is 0 Å². The third-order valence-corrected chi connectivity index (χ3v) is 2.61. The van der Waals surface area contributed by atoms with E-state index in [1.165, 1.54) is 6.07 Å². The molecule has 1 heterocycles. The van der Waals surface area contributed by atoms with Crippen molar-refractivity contribution in [3.05, 3.63) is 23.8 Å². The molecule has 1 aromatic carbocycles. The molecule has 0 amide bonds. The van der Waals surface area contributed by atoms with Crippen molar-refractivity contribution in [3.63, 3.8) is 0 Å². The highest BCUT2D eigenvalue weighted by atomic mass is 19.4. The first-order valence-electron chi connectivity index (χ1n) is 5.71. The zero-order valence-electron chi connectivity index (χ0n) is 10.1. The van der Waals surface area contributed by atoms with E-state index in [-0.39, 0.29) is 13.0 Å². The fourth-order valence-corrected chi connectivity index (χ4v) is 1.75. The largest absolute Gasteiger partial charge is 0.522 e. The molecule has 0 aliphatic carbocycles. The van der Waals surface area contributed by atoms with Crippen LogP contribution in [0.25, 0.3) is 0 Å². The predicted molar refractivity (Wildman–Crippen MR) is 59.7 cm³/mol. The Morgan fingerprint density at radius 2 is 2.15 bits per heavy atom. The molecule has 1 aliphatic heterocycles. The van der Waals surface area contributed by atoms with Gasteiger partial charge in [0.25, 0.3) is 0 Å². The van der Waals surface area contributed by atoms with Crippen LogP contribution in [0, 0.1) is 0 Å². The van der Waals surface area contributed by atoms with E-state index in [0.717, 1.165) is 5.56 Å². The Kier molecular flexibility index (Phi) is 4.03. The highest BCUT2D eigenvalue weighted by molar-refractivity contribution is 5.74. The molecule has 20 heavy (non-hydrogen) atoms. The maximum absolute atomic E-state index is 11.7. The van der Waals surface area contributed by atoms with Gasteiger partial charge in [-0.05, 0) is 11.6 Å². The SMILES string of the molecule is O=C(O)C1Cc2ccc(OCCOC(F)(F)F)cc2O1. The zero-order valence-corrected chi connectivity index (χ0v) is 10.1. The summed E-state index contributed by atoms with van der Waals surface area (Å²) >= 11 is 0. The highest BCUT2D eigenvalue weighted by Crippen LogP contribution is 2.32. The number of ether oxygens (including phenoxy) is 3. The second kappa shape index (κ2) is 5.58. The molecule has 0 radical (unpaired) electrons. The average molecular weight is 292 g/mol. The van der Waals surface area contributed by atoms with Gasteiger partial charge in [-0.15, -0.1) is 13.2 Å². The number of halogens is 3. The minimum atomic E-state index is -4.68. The number of benzene rings is 1. The van der Waals surface area contributed by atoms with Crippen molar-refractivity contribution in [3.8, 4) is 11.5 Å². The molecule has 8 heteroatoms. The lowest BCUT2D eigenvalue weighted by molar-refractivity contribution is -0.325. The number of carboxylic acid groups (broad SMARTS) is 1. The number of fused-ring (bicyclic) bond motifs is 1. The lowest BCUT2D eigenvalue weighted by Crippen LogP contribution is -2.24. The first-order chi connectivity index (χ1) is 9.35. The third-order valence-electron chi connectivity index (χ3n) is 2.61. The predicted octanol–water partition coefficient (Wildman–Crippen LogP) is 1.99. The quantitative estimate of drug-likeness (QED) is 0.841. The lowest BCUT2D eigenvalue weighted by atomic mass is 10.1. The smallest absolute Gasteiger partial charge is 0.491 e. The Morgan fingerprint density at radius 3 is 2.80 bits per heavy atom. The molecule has 1 atom stereocenters. The number of carboxylic acids is 1. The summed E-state index contributed by atoms with van der Waals surface area (Å²) in [6.45, 7) is -0.903. The summed E-state index contributed by atoms with van der Waals surface area (Å²) in [5.74, 6) is -0.408. The molecule has 1 N–H and O–H groups in total. The number of aliphatic carboxylic acids is 1. The minimum absolute atomic E-state index is 0.252. The lowest BCUT2D eigenvalue weighted by Gasteiger charge is -2.10. The van der Waals surface area contributed by atoms with Crippen molar-refractivity contribution in [1.82, 2.24) is 0 Å². The number of alkyl halides is 3. The topological polar surface area (TPSA) is 65.0 Å². The van der Waals surface area contributed by atoms with E-state index in [9.17, 15) is 18.0 Å². The van der Waals surface area contributed by atoms with Crippen molar-refractivity contribution < 1.29 is 37.3 Å². The van der Waals surface area contributed by atoms with Crippen LogP contribution < -0.4 is 9.47 Å². The minimum Gasteiger partial charge on any atom is -0.491 e. The van der Waals surface area contributed by atoms with Crippen LogP contribution in [-0.4, -0.2) is 36.8 Å². The van der Waals surface area contributed by atoms with E-state index in [0.29, 0.717) is 11.5 Å². The van der Waals surface area contributed by atoms with Crippen molar-refractivity contribution in [1.29, 1.82) is 0 Å². The number of hydrogen-bond donors (Lipinski definition) is 1. The second-order valence-electron chi connectivity index (χ2n) is 4.06. The summed E-state index contributed by atoms with van der Waals surface area (Å²) in [5.41, 5.74) is 0.719. The van der Waals surface area contributed by atoms with E-state index in [1.54, 1.807) is 12.1 Å². The summed E-state index contributed by atoms with van der Waals surface area (Å²) in [6, 6.07) is 4.62. The number of carbonyl (C=O) groups is 1. The highest BCUT2D eigenvalue weighted by Gasteiger charge is 2.30. The van der Waals surface area contributed by atoms with Crippen LogP contribution in [0.15, 0.2) is 18.2 Å². The van der Waals surface area contributed by atoms with Crippen LogP contribution in [0.3, 0.4) is 0 Å². The van der Waals surface area contributed by atoms with Gasteiger partial charge in [0, 0.05) is 12.5 Å². The Labute approximate surface area is 111 Å². The molecule has 0 saturated heterocycles. The van der Waals surface area contributed by atoms with Gasteiger partial charge in [0.15, 0.2) is 6.10 Å². The van der Waals surface area contributed by atoms with Crippen molar-refractivity contribution in [2.24, 2.45) is 0 Å². The van der Waals surface area contributed by atoms with Gasteiger partial charge in [-0.1, -0.05) is 6.07 Å². The standard InChI is InChI=1S/C12H11F3O5/c13-12(14,15)19-4-3-18-8-2-1-7-5-10(11(16)17)20-9(7)6-8/h1-2,6,10H,3-5H2,(H,16,17). The molecule has 0 aromatic heterocycles. The molecule has 110 valence electrons. The van der Waals surface area contributed by atoms with Crippen LogP contribution in [0.5, 0.6) is 11.5 Å². The van der Waals surface area contributed by atoms with Crippen molar-refractivity contribution >= 4 is 5.97 Å². The van der Waals surface area contributed by atoms with Crippen molar-refractivity contribution in [2.75, 3.05) is 13.2 Å². The Hall–Kier alpha value is -1.96. The van der Waals surface area contributed by atoms with E-state index < -0.39 is 25.0 Å². The maximum atomic E-state index is 11.7. The first kappa shape index (κ1) is 14.4. The molecular weight excluding hydrogens is 281 g/mol. The summed E-state index contributed by atoms with van der Waals surface area (Å²) < 4.78 is 49.0. The van der Waals surface area contributed by atoms with E-state index in [1.807, 2.05) is 0 Å². The molecule has 0 bridgehead atoms. The van der Waals surface area contributed by atoms with Gasteiger partial charge in [-0.25, -0.2) is 4.79 Å². The number of rotatable bonds is 5. The monoisotopic (exact) mass is 292 g/mol. The first-order valence-corrected chi connectivity index (χ1v) is 5.71. The van der Waals surface area contributed by atoms with Crippen LogP contribution in [0.2, 0.25) is 0 Å². The van der Waals surface area contributed by atoms with Gasteiger partial charge in [-0.3, -0.25) is 4.74 Å². The second-order valence-corrected chi connectivity index (χ2v) is 4.06. The molecule has 5 nitrogen and oxygen atoms in total. The van der Waals surface area contributed by atoms with E-state index >= 15 is 0 Å². The third kappa shape index (κ3) is 3.77. The summed E-state index contributed by atoms with van der Waals surface area (Å²) in [5, 5.41) is 8.82. The zero-order chi connectivity index (χ0) is 14.8. The molecule has 0 fully saturated rings. The van der Waals surface area contributed by atoms with Crippen LogP contribution in [0.1, 0.15) is 5.56 Å². The van der Waals surface area contributed by atoms with Crippen LogP contribution in [-0.2, 0) is 16.0 Å². The van der Waals surface area contributed by atoms with Crippen molar-refractivity contribution in [2.45, 2.75) is 18.9 Å². The van der Waals surface area contributed by atoms with E-state index in [2.05, 4.69) is 4.74 Å². The summed E-state index contributed by atoms with van der Waals surface area (Å²) in [7, 11) is 0. The molecule has 0 spiro atoms. The fraction of sp³-hybridized carbons (Fsp3) is 0.417. The molecule has 0 saturated carbocycles. The van der Waals surface area contributed by atoms with Crippen LogP contribution in [0.4, 0.5) is 13.2 Å². The number of hydrogen-bond acceptors (Lipinski definition) is 4. The summed E-state index contributed by atoms with van der Waals surface area (Å²) in [6.07, 6.45) is -5.37. The fourth-order valence-electron chi connectivity index (χ4n) is 1.75. The summed E-state index contributed by atoms with van der Waals surface area (Å²) in [4.78, 5) is 10.8. The Bertz CT molecular complexity index is 500. The van der Waals surface area contributed by atoms with Gasteiger partial charge in [0.1, 0.15) is 18.1 Å². The Morgan fingerprint density at radius 1 is 1.40 bits per heavy atom. The molecule has 1 unspecified atom stereocenters. The normalized spacial score (nSPS) is 17.4. The average Bonchev–Trinajstić information content (AvgIpc) is 2.76. The molecule has 2 rings (SSSR count). The molecule has 1 aliphatic rings. The van der Waals surface area contributed by atoms with Gasteiger partial charge in [0.2, 0.25) is 0 Å². The van der Waals surface area contributed by atoms with Gasteiger partial charge in [0.05, 0.1) is 6.61 Å². The molecule has 1 aromatic rings. The Balaban J connectivity index is 1.87. The molecular formula is C12H11F3O5. The van der Waals surface area contributed by atoms with Gasteiger partial charge < -0.3 is 14.6 Å². The van der Waals surface area contributed by atoms with Gasteiger partial charge in [-0.2, -0.15) is 0 Å².